The SMILES string of the molecule is C[N+](F)(CC1(COCCO)C=CC(c2ccccc2)=CC1)S(=O)(=O)C(F)(F)C(F)(F)C(F)(F)C(F)(F)F. The van der Waals surface area contributed by atoms with Gasteiger partial charge < -0.3 is 9.84 Å². The Hall–Kier alpha value is -2.17. The molecule has 1 aliphatic carbocycles. The lowest BCUT2D eigenvalue weighted by Gasteiger charge is -2.38. The van der Waals surface area contributed by atoms with Crippen molar-refractivity contribution in [1.29, 1.82) is 0 Å². The lowest BCUT2D eigenvalue weighted by molar-refractivity contribution is -0.939. The van der Waals surface area contributed by atoms with Gasteiger partial charge in [-0.2, -0.15) is 47.9 Å². The minimum absolute atomic E-state index is 0.191. The topological polar surface area (TPSA) is 63.6 Å². The van der Waals surface area contributed by atoms with Gasteiger partial charge in [-0.05, 0) is 21.7 Å². The number of hydrogen-bond donors (Lipinski definition) is 1. The highest BCUT2D eigenvalue weighted by molar-refractivity contribution is 7.87. The molecule has 1 aromatic carbocycles. The van der Waals surface area contributed by atoms with Gasteiger partial charge in [-0.1, -0.05) is 48.6 Å². The minimum Gasteiger partial charge on any atom is -0.394 e. The first-order valence-corrected chi connectivity index (χ1v) is 11.8. The van der Waals surface area contributed by atoms with E-state index in [4.69, 9.17) is 9.84 Å². The molecular formula is C21H22F10NO4S+. The third kappa shape index (κ3) is 5.52. The molecular weight excluding hydrogens is 552 g/mol. The summed E-state index contributed by atoms with van der Waals surface area (Å²) in [5.74, 6) is -15.1. The summed E-state index contributed by atoms with van der Waals surface area (Å²) >= 11 is 0. The number of allylic oxidation sites excluding steroid dienone is 3. The van der Waals surface area contributed by atoms with Gasteiger partial charge in [-0.25, -0.2) is 0 Å². The van der Waals surface area contributed by atoms with Gasteiger partial charge in [0.25, 0.3) is 0 Å². The van der Waals surface area contributed by atoms with Gasteiger partial charge in [0.15, 0.2) is 0 Å². The average molecular weight is 574 g/mol. The second-order valence-corrected chi connectivity index (χ2v) is 10.7. The van der Waals surface area contributed by atoms with E-state index in [1.54, 1.807) is 30.3 Å². The van der Waals surface area contributed by atoms with Crippen LogP contribution in [0.3, 0.4) is 0 Å². The van der Waals surface area contributed by atoms with Crippen molar-refractivity contribution >= 4 is 15.6 Å². The van der Waals surface area contributed by atoms with Crippen molar-refractivity contribution in [2.24, 2.45) is 5.41 Å². The highest BCUT2D eigenvalue weighted by Crippen LogP contribution is 2.56. The number of aliphatic hydroxyl groups excluding tert-OH is 1. The number of halogens is 10. The van der Waals surface area contributed by atoms with E-state index in [9.17, 15) is 47.9 Å². The normalized spacial score (nSPS) is 21.5. The van der Waals surface area contributed by atoms with Crippen LogP contribution in [0.5, 0.6) is 0 Å². The van der Waals surface area contributed by atoms with Gasteiger partial charge in [0, 0.05) is 4.48 Å². The van der Waals surface area contributed by atoms with Crippen molar-refractivity contribution in [1.82, 2.24) is 0 Å². The van der Waals surface area contributed by atoms with Gasteiger partial charge in [0.1, 0.15) is 13.6 Å². The van der Waals surface area contributed by atoms with Crippen LogP contribution in [0, 0.1) is 5.41 Å². The summed E-state index contributed by atoms with van der Waals surface area (Å²) in [7, 11) is -7.62. The largest absolute Gasteiger partial charge is 0.467 e. The van der Waals surface area contributed by atoms with Crippen molar-refractivity contribution in [2.75, 3.05) is 33.4 Å². The molecule has 37 heavy (non-hydrogen) atoms. The summed E-state index contributed by atoms with van der Waals surface area (Å²) in [6, 6.07) is 8.34. The van der Waals surface area contributed by atoms with Crippen LogP contribution in [-0.2, 0) is 14.8 Å². The van der Waals surface area contributed by atoms with Gasteiger partial charge in [0.05, 0.1) is 25.2 Å². The average Bonchev–Trinajstić information content (AvgIpc) is 2.79. The van der Waals surface area contributed by atoms with Crippen LogP contribution in [0.2, 0.25) is 0 Å². The Bertz CT molecular complexity index is 1120. The maximum atomic E-state index is 15.4. The van der Waals surface area contributed by atoms with Crippen molar-refractivity contribution < 1.29 is 66.4 Å². The summed E-state index contributed by atoms with van der Waals surface area (Å²) < 4.78 is 161. The van der Waals surface area contributed by atoms with Crippen molar-refractivity contribution in [2.45, 2.75) is 29.7 Å². The standard InChI is InChI=1S/C21H22F10NO4S/c1-32(31,37(34,35)21(29,30)19(24,25)18(22,23)20(26,27)28)13-17(14-36-12-11-33)9-7-16(8-10-17)15-5-3-2-4-6-15/h2-9,33H,10-14H2,1H3/q+1. The van der Waals surface area contributed by atoms with E-state index >= 15 is 4.48 Å². The zero-order valence-corrected chi connectivity index (χ0v) is 19.8. The summed E-state index contributed by atoms with van der Waals surface area (Å²) in [5.41, 5.74) is -0.729. The molecule has 2 atom stereocenters. The summed E-state index contributed by atoms with van der Waals surface area (Å²) in [5, 5.41) is 1.70. The molecule has 0 aliphatic heterocycles. The second-order valence-electron chi connectivity index (χ2n) is 8.48. The third-order valence-electron chi connectivity index (χ3n) is 5.62. The molecule has 0 saturated carbocycles. The molecule has 1 aliphatic rings. The van der Waals surface area contributed by atoms with Gasteiger partial charge in [-0.15, -0.1) is 0 Å². The summed E-state index contributed by atoms with van der Waals surface area (Å²) in [6.07, 6.45) is -3.77. The van der Waals surface area contributed by atoms with E-state index in [0.29, 0.717) is 11.1 Å². The van der Waals surface area contributed by atoms with Crippen molar-refractivity contribution in [3.05, 3.63) is 54.1 Å². The molecule has 0 bridgehead atoms. The fraction of sp³-hybridized carbons (Fsp3) is 0.524. The molecule has 0 radical (unpaired) electrons. The fourth-order valence-electron chi connectivity index (χ4n) is 3.58. The second kappa shape index (κ2) is 10.2. The number of aliphatic hydroxyl groups is 1. The number of benzene rings is 1. The zero-order chi connectivity index (χ0) is 28.6. The molecule has 0 amide bonds. The smallest absolute Gasteiger partial charge is 0.394 e. The van der Waals surface area contributed by atoms with Crippen molar-refractivity contribution in [3.8, 4) is 0 Å². The maximum absolute atomic E-state index is 15.4. The van der Waals surface area contributed by atoms with Gasteiger partial charge in [-0.3, -0.25) is 0 Å². The van der Waals surface area contributed by atoms with Crippen LogP contribution in [0.4, 0.5) is 44.0 Å². The van der Waals surface area contributed by atoms with Crippen LogP contribution in [0.25, 0.3) is 5.57 Å². The van der Waals surface area contributed by atoms with E-state index in [0.717, 1.165) is 6.08 Å². The Morgan fingerprint density at radius 2 is 1.57 bits per heavy atom. The molecule has 16 heteroatoms. The Kier molecular flexibility index (Phi) is 8.55. The Labute approximate surface area is 205 Å². The lowest BCUT2D eigenvalue weighted by Crippen LogP contribution is -2.67. The molecule has 0 fully saturated rings. The molecule has 0 saturated heterocycles. The number of rotatable bonds is 11. The zero-order valence-electron chi connectivity index (χ0n) is 19.0. The van der Waals surface area contributed by atoms with E-state index in [1.807, 2.05) is 0 Å². The molecule has 0 spiro atoms. The molecule has 0 heterocycles. The highest BCUT2D eigenvalue weighted by atomic mass is 32.2. The number of nitrogens with zero attached hydrogens (tertiary/aromatic N) is 1. The van der Waals surface area contributed by atoms with Gasteiger partial charge in [0.2, 0.25) is 0 Å². The number of quaternary nitrogens is 1. The van der Waals surface area contributed by atoms with Crippen molar-refractivity contribution in [3.63, 3.8) is 0 Å². The number of hydrogen-bond acceptors (Lipinski definition) is 4. The van der Waals surface area contributed by atoms with E-state index in [-0.39, 0.29) is 20.1 Å². The predicted molar refractivity (Wildman–Crippen MR) is 110 cm³/mol. The Morgan fingerprint density at radius 3 is 2.03 bits per heavy atom. The monoisotopic (exact) mass is 574 g/mol. The molecule has 0 aromatic heterocycles. The van der Waals surface area contributed by atoms with Crippen LogP contribution in [0.1, 0.15) is 12.0 Å². The molecule has 2 rings (SSSR count). The number of sulfonamides is 1. The Balaban J connectivity index is 2.48. The van der Waals surface area contributed by atoms with E-state index < -0.39 is 62.6 Å². The quantitative estimate of drug-likeness (QED) is 0.227. The first-order chi connectivity index (χ1) is 16.7. The fourth-order valence-corrected chi connectivity index (χ4v) is 4.94. The van der Waals surface area contributed by atoms with Crippen LogP contribution in [-0.4, -0.2) is 74.3 Å². The lowest BCUT2D eigenvalue weighted by atomic mass is 9.79. The summed E-state index contributed by atoms with van der Waals surface area (Å²) in [4.78, 5) is 0. The first-order valence-electron chi connectivity index (χ1n) is 10.3. The Morgan fingerprint density at radius 1 is 1.00 bits per heavy atom. The number of ether oxygens (including phenoxy) is 1. The third-order valence-corrected chi connectivity index (χ3v) is 7.65. The molecule has 2 unspecified atom stereocenters. The van der Waals surface area contributed by atoms with E-state index in [1.165, 1.54) is 12.2 Å². The van der Waals surface area contributed by atoms with Gasteiger partial charge >= 0.3 is 33.3 Å². The summed E-state index contributed by atoms with van der Waals surface area (Å²) in [6.45, 7) is -3.25. The van der Waals surface area contributed by atoms with Crippen LogP contribution >= 0.6 is 0 Å². The maximum Gasteiger partial charge on any atom is 0.467 e. The molecule has 5 nitrogen and oxygen atoms in total. The highest BCUT2D eigenvalue weighted by Gasteiger charge is 2.88. The first kappa shape index (κ1) is 31.1. The van der Waals surface area contributed by atoms with E-state index in [2.05, 4.69) is 0 Å². The minimum atomic E-state index is -7.56. The van der Waals surface area contributed by atoms with Crippen LogP contribution < -0.4 is 0 Å². The molecule has 1 N–H and O–H groups in total. The number of alkyl halides is 9. The predicted octanol–water partition coefficient (Wildman–Crippen LogP) is 5.11. The van der Waals surface area contributed by atoms with Crippen LogP contribution in [0.15, 0.2) is 48.6 Å². The molecule has 210 valence electrons. The molecule has 1 aromatic rings.